The van der Waals surface area contributed by atoms with Crippen molar-refractivity contribution >= 4 is 29.0 Å². The van der Waals surface area contributed by atoms with Crippen LogP contribution >= 0.6 is 11.8 Å². The summed E-state index contributed by atoms with van der Waals surface area (Å²) in [4.78, 5) is 11.9. The largest absolute Gasteiger partial charge is 0.398 e. The molecule has 3 N–H and O–H groups in total. The second kappa shape index (κ2) is 5.96. The van der Waals surface area contributed by atoms with Gasteiger partial charge in [-0.05, 0) is 31.5 Å². The van der Waals surface area contributed by atoms with Crippen molar-refractivity contribution in [2.24, 2.45) is 7.05 Å². The van der Waals surface area contributed by atoms with Gasteiger partial charge in [0.05, 0.1) is 5.75 Å². The Kier molecular flexibility index (Phi) is 4.29. The smallest absolute Gasteiger partial charge is 0.234 e. The van der Waals surface area contributed by atoms with Gasteiger partial charge in [-0.25, -0.2) is 0 Å². The molecule has 2 rings (SSSR count). The molecule has 1 aromatic carbocycles. The molecule has 1 heterocycles. The van der Waals surface area contributed by atoms with Crippen LogP contribution in [0.2, 0.25) is 0 Å². The Morgan fingerprint density at radius 2 is 2.15 bits per heavy atom. The zero-order valence-electron chi connectivity index (χ0n) is 11.7. The van der Waals surface area contributed by atoms with E-state index >= 15 is 0 Å². The summed E-state index contributed by atoms with van der Waals surface area (Å²) >= 11 is 1.35. The SMILES string of the molecule is Cc1ccc(NC(=O)CSc2nnc(C)n2C)cc1N. The van der Waals surface area contributed by atoms with Gasteiger partial charge in [0.1, 0.15) is 5.82 Å². The Labute approximate surface area is 121 Å². The van der Waals surface area contributed by atoms with Gasteiger partial charge in [0.2, 0.25) is 5.91 Å². The average Bonchev–Trinajstić information content (AvgIpc) is 2.72. The van der Waals surface area contributed by atoms with E-state index in [1.807, 2.05) is 37.6 Å². The van der Waals surface area contributed by atoms with E-state index in [1.165, 1.54) is 11.8 Å². The second-order valence-corrected chi connectivity index (χ2v) is 5.44. The molecular weight excluding hydrogens is 274 g/mol. The van der Waals surface area contributed by atoms with Crippen LogP contribution in [0.15, 0.2) is 23.4 Å². The van der Waals surface area contributed by atoms with Crippen molar-refractivity contribution in [2.45, 2.75) is 19.0 Å². The second-order valence-electron chi connectivity index (χ2n) is 4.50. The molecule has 106 valence electrons. The molecule has 0 radical (unpaired) electrons. The topological polar surface area (TPSA) is 85.8 Å². The van der Waals surface area contributed by atoms with Gasteiger partial charge in [0, 0.05) is 18.4 Å². The third-order valence-electron chi connectivity index (χ3n) is 2.95. The lowest BCUT2D eigenvalue weighted by atomic mass is 10.2. The summed E-state index contributed by atoms with van der Waals surface area (Å²) < 4.78 is 1.85. The van der Waals surface area contributed by atoms with Crippen molar-refractivity contribution in [1.82, 2.24) is 14.8 Å². The minimum Gasteiger partial charge on any atom is -0.398 e. The number of hydrogen-bond donors (Lipinski definition) is 2. The lowest BCUT2D eigenvalue weighted by molar-refractivity contribution is -0.113. The molecule has 20 heavy (non-hydrogen) atoms. The summed E-state index contributed by atoms with van der Waals surface area (Å²) in [5, 5.41) is 11.5. The van der Waals surface area contributed by atoms with Crippen LogP contribution in [0.5, 0.6) is 0 Å². The first-order chi connectivity index (χ1) is 9.47. The van der Waals surface area contributed by atoms with Crippen LogP contribution in [0.1, 0.15) is 11.4 Å². The molecule has 0 fully saturated rings. The number of nitrogens with one attached hydrogen (secondary N) is 1. The highest BCUT2D eigenvalue weighted by Gasteiger charge is 2.09. The van der Waals surface area contributed by atoms with Gasteiger partial charge in [0.25, 0.3) is 0 Å². The first kappa shape index (κ1) is 14.4. The normalized spacial score (nSPS) is 10.6. The quantitative estimate of drug-likeness (QED) is 0.662. The summed E-state index contributed by atoms with van der Waals surface area (Å²) in [6, 6.07) is 5.47. The van der Waals surface area contributed by atoms with Crippen molar-refractivity contribution in [3.05, 3.63) is 29.6 Å². The fraction of sp³-hybridized carbons (Fsp3) is 0.308. The maximum Gasteiger partial charge on any atom is 0.234 e. The van der Waals surface area contributed by atoms with Crippen LogP contribution in [0.4, 0.5) is 11.4 Å². The third-order valence-corrected chi connectivity index (χ3v) is 3.97. The number of aryl methyl sites for hydroxylation is 2. The summed E-state index contributed by atoms with van der Waals surface area (Å²) in [6.45, 7) is 3.79. The number of carbonyl (C=O) groups is 1. The van der Waals surface area contributed by atoms with Gasteiger partial charge >= 0.3 is 0 Å². The van der Waals surface area contributed by atoms with Crippen LogP contribution in [0, 0.1) is 13.8 Å². The lowest BCUT2D eigenvalue weighted by Crippen LogP contribution is -2.14. The van der Waals surface area contributed by atoms with E-state index < -0.39 is 0 Å². The van der Waals surface area contributed by atoms with E-state index in [2.05, 4.69) is 15.5 Å². The van der Waals surface area contributed by atoms with Gasteiger partial charge < -0.3 is 15.6 Å². The highest BCUT2D eigenvalue weighted by atomic mass is 32.2. The molecule has 0 unspecified atom stereocenters. The molecule has 0 saturated heterocycles. The number of aromatic nitrogens is 3. The fourth-order valence-electron chi connectivity index (χ4n) is 1.56. The van der Waals surface area contributed by atoms with Crippen molar-refractivity contribution in [1.29, 1.82) is 0 Å². The van der Waals surface area contributed by atoms with Crippen LogP contribution in [-0.4, -0.2) is 26.4 Å². The van der Waals surface area contributed by atoms with Crippen LogP contribution in [-0.2, 0) is 11.8 Å². The molecule has 0 aliphatic carbocycles. The predicted octanol–water partition coefficient (Wildman–Crippen LogP) is 1.74. The van der Waals surface area contributed by atoms with E-state index in [0.717, 1.165) is 16.5 Å². The van der Waals surface area contributed by atoms with E-state index in [-0.39, 0.29) is 11.7 Å². The summed E-state index contributed by atoms with van der Waals surface area (Å²) in [5.41, 5.74) is 8.17. The minimum absolute atomic E-state index is 0.0982. The van der Waals surface area contributed by atoms with Gasteiger partial charge in [-0.3, -0.25) is 4.79 Å². The molecule has 0 spiro atoms. The molecule has 2 aromatic rings. The predicted molar refractivity (Wildman–Crippen MR) is 80.7 cm³/mol. The fourth-order valence-corrected chi connectivity index (χ4v) is 2.32. The highest BCUT2D eigenvalue weighted by Crippen LogP contribution is 2.18. The van der Waals surface area contributed by atoms with Crippen molar-refractivity contribution < 1.29 is 4.79 Å². The number of thioether (sulfide) groups is 1. The van der Waals surface area contributed by atoms with Crippen LogP contribution < -0.4 is 11.1 Å². The van der Waals surface area contributed by atoms with Gasteiger partial charge in [-0.2, -0.15) is 0 Å². The maximum absolute atomic E-state index is 11.9. The van der Waals surface area contributed by atoms with Gasteiger partial charge in [-0.15, -0.1) is 10.2 Å². The Hall–Kier alpha value is -2.02. The van der Waals surface area contributed by atoms with Crippen molar-refractivity contribution in [3.63, 3.8) is 0 Å². The summed E-state index contributed by atoms with van der Waals surface area (Å²) in [7, 11) is 1.87. The van der Waals surface area contributed by atoms with E-state index in [1.54, 1.807) is 6.07 Å². The highest BCUT2D eigenvalue weighted by molar-refractivity contribution is 7.99. The average molecular weight is 291 g/mol. The zero-order valence-corrected chi connectivity index (χ0v) is 12.5. The molecule has 0 aliphatic heterocycles. The number of anilines is 2. The molecule has 7 heteroatoms. The molecule has 0 saturated carbocycles. The molecule has 0 atom stereocenters. The van der Waals surface area contributed by atoms with Crippen molar-refractivity contribution in [2.75, 3.05) is 16.8 Å². The molecule has 0 aliphatic rings. The molecule has 0 bridgehead atoms. The molecule has 6 nitrogen and oxygen atoms in total. The maximum atomic E-state index is 11.9. The van der Waals surface area contributed by atoms with Gasteiger partial charge in [0.15, 0.2) is 5.16 Å². The van der Waals surface area contributed by atoms with E-state index in [4.69, 9.17) is 5.73 Å². The van der Waals surface area contributed by atoms with Gasteiger partial charge in [-0.1, -0.05) is 17.8 Å². The molecular formula is C13H17N5OS. The van der Waals surface area contributed by atoms with Crippen LogP contribution in [0.3, 0.4) is 0 Å². The summed E-state index contributed by atoms with van der Waals surface area (Å²) in [5.74, 6) is 0.998. The van der Waals surface area contributed by atoms with E-state index in [0.29, 0.717) is 11.4 Å². The van der Waals surface area contributed by atoms with Crippen LogP contribution in [0.25, 0.3) is 0 Å². The minimum atomic E-state index is -0.0982. The Bertz CT molecular complexity index is 638. The molecule has 1 amide bonds. The number of nitrogens with two attached hydrogens (primary N) is 1. The first-order valence-electron chi connectivity index (χ1n) is 6.12. The van der Waals surface area contributed by atoms with E-state index in [9.17, 15) is 4.79 Å². The number of rotatable bonds is 4. The summed E-state index contributed by atoms with van der Waals surface area (Å²) in [6.07, 6.45) is 0. The number of benzene rings is 1. The molecule has 1 aromatic heterocycles. The standard InChI is InChI=1S/C13H17N5OS/c1-8-4-5-10(6-11(8)14)15-12(19)7-20-13-17-16-9(2)18(13)3/h4-6H,7,14H2,1-3H3,(H,15,19). The number of nitrogens with zero attached hydrogens (tertiary/aromatic N) is 3. The Morgan fingerprint density at radius 3 is 2.75 bits per heavy atom. The van der Waals surface area contributed by atoms with Crippen molar-refractivity contribution in [3.8, 4) is 0 Å². The first-order valence-corrected chi connectivity index (χ1v) is 7.10. The number of amides is 1. The zero-order chi connectivity index (χ0) is 14.7. The lowest BCUT2D eigenvalue weighted by Gasteiger charge is -2.07. The number of carbonyl (C=O) groups excluding carboxylic acids is 1. The number of nitrogen functional groups attached to an aromatic ring is 1. The third kappa shape index (κ3) is 3.30. The Balaban J connectivity index is 1.92. The Morgan fingerprint density at radius 1 is 1.40 bits per heavy atom. The number of hydrogen-bond acceptors (Lipinski definition) is 5. The monoisotopic (exact) mass is 291 g/mol.